The fourth-order valence-corrected chi connectivity index (χ4v) is 5.87. The summed E-state index contributed by atoms with van der Waals surface area (Å²) >= 11 is 1.22. The SMILES string of the molecule is [C-]#[N+]c1ccc(/C=C(\F)c2ccc(F)c([C@@]3(C)N=C(N)S[C@@]4(C(=O)N(C)C)C[C@H]43)c2)cc1. The summed E-state index contributed by atoms with van der Waals surface area (Å²) in [7, 11) is 3.36. The highest BCUT2D eigenvalue weighted by Gasteiger charge is 2.71. The smallest absolute Gasteiger partial charge is 0.239 e. The summed E-state index contributed by atoms with van der Waals surface area (Å²) in [4.78, 5) is 22.2. The molecule has 1 saturated carbocycles. The van der Waals surface area contributed by atoms with E-state index in [1.54, 1.807) is 45.3 Å². The zero-order valence-electron chi connectivity index (χ0n) is 17.9. The van der Waals surface area contributed by atoms with Crippen LogP contribution in [0.3, 0.4) is 0 Å². The Bertz CT molecular complexity index is 1200. The molecular formula is C24H22F2N4OS. The van der Waals surface area contributed by atoms with E-state index in [2.05, 4.69) is 9.84 Å². The lowest BCUT2D eigenvalue weighted by atomic mass is 9.84. The number of halogens is 2. The molecule has 1 heterocycles. The molecule has 5 nitrogen and oxygen atoms in total. The number of nitrogens with two attached hydrogens (primary N) is 1. The second kappa shape index (κ2) is 7.75. The molecule has 1 aliphatic carbocycles. The zero-order chi connectivity index (χ0) is 23.3. The van der Waals surface area contributed by atoms with Crippen LogP contribution in [0, 0.1) is 18.3 Å². The number of thioether (sulfide) groups is 1. The minimum atomic E-state index is -1.08. The molecule has 1 aliphatic heterocycles. The molecule has 8 heteroatoms. The Labute approximate surface area is 189 Å². The number of fused-ring (bicyclic) bond motifs is 1. The number of carbonyl (C=O) groups is 1. The summed E-state index contributed by atoms with van der Waals surface area (Å²) in [5, 5.41) is 0.220. The van der Waals surface area contributed by atoms with Crippen LogP contribution in [-0.4, -0.2) is 34.8 Å². The van der Waals surface area contributed by atoms with Gasteiger partial charge in [-0.1, -0.05) is 36.0 Å². The molecule has 0 bridgehead atoms. The summed E-state index contributed by atoms with van der Waals surface area (Å²) in [5.74, 6) is -1.40. The predicted octanol–water partition coefficient (Wildman–Crippen LogP) is 4.97. The lowest BCUT2D eigenvalue weighted by molar-refractivity contribution is -0.129. The number of aliphatic imine (C=N–C) groups is 1. The second-order valence-electron chi connectivity index (χ2n) is 8.44. The minimum Gasteiger partial charge on any atom is -0.378 e. The van der Waals surface area contributed by atoms with Crippen molar-refractivity contribution < 1.29 is 13.6 Å². The average Bonchev–Trinajstić information content (AvgIpc) is 3.50. The molecule has 32 heavy (non-hydrogen) atoms. The topological polar surface area (TPSA) is 63.0 Å². The van der Waals surface area contributed by atoms with Crippen LogP contribution >= 0.6 is 11.8 Å². The van der Waals surface area contributed by atoms with E-state index < -0.39 is 21.9 Å². The monoisotopic (exact) mass is 452 g/mol. The standard InChI is InChI=1S/C24H22F2N4OS/c1-23(20-13-24(20,21(31)30(3)4)32-22(27)29-23)17-12-15(7-10-18(17)25)19(26)11-14-5-8-16(28-2)9-6-14/h5-12,20H,13H2,1,3-4H3,(H2,27,29)/b19-11-/t20-,23+,24-/m0/s1. The Balaban J connectivity index is 1.73. The van der Waals surface area contributed by atoms with Crippen molar-refractivity contribution in [1.82, 2.24) is 4.90 Å². The highest BCUT2D eigenvalue weighted by atomic mass is 32.2. The molecule has 0 radical (unpaired) electrons. The number of hydrogen-bond donors (Lipinski definition) is 1. The Morgan fingerprint density at radius 3 is 2.62 bits per heavy atom. The van der Waals surface area contributed by atoms with Crippen molar-refractivity contribution in [2.75, 3.05) is 14.1 Å². The van der Waals surface area contributed by atoms with Crippen LogP contribution < -0.4 is 5.73 Å². The summed E-state index contributed by atoms with van der Waals surface area (Å²) in [5.41, 5.74) is 6.45. The number of rotatable bonds is 4. The van der Waals surface area contributed by atoms with Crippen molar-refractivity contribution in [1.29, 1.82) is 0 Å². The van der Waals surface area contributed by atoms with E-state index in [-0.39, 0.29) is 28.1 Å². The van der Waals surface area contributed by atoms with Gasteiger partial charge in [-0.25, -0.2) is 13.6 Å². The van der Waals surface area contributed by atoms with Gasteiger partial charge in [-0.05, 0) is 43.2 Å². The number of carbonyl (C=O) groups excluding carboxylic acids is 1. The second-order valence-corrected chi connectivity index (χ2v) is 9.79. The molecule has 0 saturated heterocycles. The van der Waals surface area contributed by atoms with E-state index in [1.165, 1.54) is 40.9 Å². The van der Waals surface area contributed by atoms with E-state index in [1.807, 2.05) is 0 Å². The maximum absolute atomic E-state index is 15.1. The normalized spacial score (nSPS) is 26.6. The van der Waals surface area contributed by atoms with E-state index in [0.717, 1.165) is 0 Å². The van der Waals surface area contributed by atoms with Crippen molar-refractivity contribution in [3.63, 3.8) is 0 Å². The lowest BCUT2D eigenvalue weighted by Crippen LogP contribution is -2.43. The lowest BCUT2D eigenvalue weighted by Gasteiger charge is -2.34. The van der Waals surface area contributed by atoms with Gasteiger partial charge in [0.15, 0.2) is 10.9 Å². The molecule has 0 unspecified atom stereocenters. The zero-order valence-corrected chi connectivity index (χ0v) is 18.7. The molecular weight excluding hydrogens is 430 g/mol. The third-order valence-electron chi connectivity index (χ3n) is 6.09. The van der Waals surface area contributed by atoms with E-state index in [9.17, 15) is 9.18 Å². The average molecular weight is 453 g/mol. The molecule has 1 amide bonds. The minimum absolute atomic E-state index is 0.0814. The van der Waals surface area contributed by atoms with Gasteiger partial charge in [0.25, 0.3) is 0 Å². The third-order valence-corrected chi connectivity index (χ3v) is 7.38. The summed E-state index contributed by atoms with van der Waals surface area (Å²) in [6.45, 7) is 8.75. The van der Waals surface area contributed by atoms with Gasteiger partial charge in [-0.3, -0.25) is 9.79 Å². The van der Waals surface area contributed by atoms with Gasteiger partial charge in [0.1, 0.15) is 16.4 Å². The van der Waals surface area contributed by atoms with Gasteiger partial charge in [0, 0.05) is 31.1 Å². The van der Waals surface area contributed by atoms with Gasteiger partial charge in [-0.15, -0.1) is 0 Å². The Kier molecular flexibility index (Phi) is 5.33. The Morgan fingerprint density at radius 2 is 2.00 bits per heavy atom. The van der Waals surface area contributed by atoms with E-state index >= 15 is 4.39 Å². The fourth-order valence-electron chi connectivity index (χ4n) is 4.37. The first-order valence-electron chi connectivity index (χ1n) is 10.0. The molecule has 2 aromatic rings. The Morgan fingerprint density at radius 1 is 1.31 bits per heavy atom. The number of amides is 1. The molecule has 4 rings (SSSR count). The van der Waals surface area contributed by atoms with E-state index in [0.29, 0.717) is 17.7 Å². The molecule has 2 aliphatic rings. The van der Waals surface area contributed by atoms with Gasteiger partial charge in [0.2, 0.25) is 5.91 Å². The van der Waals surface area contributed by atoms with Crippen molar-refractivity contribution in [3.8, 4) is 0 Å². The molecule has 0 aromatic heterocycles. The van der Waals surface area contributed by atoms with Crippen molar-refractivity contribution in [2.24, 2.45) is 16.6 Å². The number of nitrogens with zero attached hydrogens (tertiary/aromatic N) is 3. The highest BCUT2D eigenvalue weighted by Crippen LogP contribution is 2.66. The number of benzene rings is 2. The van der Waals surface area contributed by atoms with Crippen LogP contribution in [0.4, 0.5) is 14.5 Å². The molecule has 0 spiro atoms. The molecule has 2 N–H and O–H groups in total. The van der Waals surface area contributed by atoms with Crippen molar-refractivity contribution >= 4 is 40.4 Å². The van der Waals surface area contributed by atoms with Crippen molar-refractivity contribution in [3.05, 3.63) is 76.4 Å². The van der Waals surface area contributed by atoms with Crippen LogP contribution in [-0.2, 0) is 10.3 Å². The van der Waals surface area contributed by atoms with Crippen LogP contribution in [0.5, 0.6) is 0 Å². The van der Waals surface area contributed by atoms with Crippen LogP contribution in [0.1, 0.15) is 30.0 Å². The summed E-state index contributed by atoms with van der Waals surface area (Å²) in [6.07, 6.45) is 1.85. The fraction of sp³-hybridized carbons (Fsp3) is 0.292. The van der Waals surface area contributed by atoms with Gasteiger partial charge >= 0.3 is 0 Å². The summed E-state index contributed by atoms with van der Waals surface area (Å²) < 4.78 is 29.3. The highest BCUT2D eigenvalue weighted by molar-refractivity contribution is 8.15. The molecule has 164 valence electrons. The quantitative estimate of drug-likeness (QED) is 0.526. The number of amidine groups is 1. The van der Waals surface area contributed by atoms with Gasteiger partial charge in [-0.2, -0.15) is 0 Å². The van der Waals surface area contributed by atoms with Crippen LogP contribution in [0.2, 0.25) is 0 Å². The van der Waals surface area contributed by atoms with Crippen molar-refractivity contribution in [2.45, 2.75) is 23.6 Å². The maximum atomic E-state index is 15.1. The first-order chi connectivity index (χ1) is 15.1. The predicted molar refractivity (Wildman–Crippen MR) is 124 cm³/mol. The van der Waals surface area contributed by atoms with Gasteiger partial charge < -0.3 is 10.6 Å². The first-order valence-corrected chi connectivity index (χ1v) is 10.8. The molecule has 1 fully saturated rings. The number of hydrogen-bond acceptors (Lipinski definition) is 4. The molecule has 3 atom stereocenters. The Hall–Kier alpha value is -3.18. The third kappa shape index (κ3) is 3.56. The van der Waals surface area contributed by atoms with Crippen LogP contribution in [0.15, 0.2) is 47.5 Å². The van der Waals surface area contributed by atoms with Gasteiger partial charge in [0.05, 0.1) is 12.1 Å². The largest absolute Gasteiger partial charge is 0.378 e. The maximum Gasteiger partial charge on any atom is 0.239 e. The molecule has 2 aromatic carbocycles. The first kappa shape index (κ1) is 22.0. The van der Waals surface area contributed by atoms with Crippen LogP contribution in [0.25, 0.3) is 16.7 Å². The van der Waals surface area contributed by atoms with E-state index in [4.69, 9.17) is 12.3 Å². The summed E-state index contributed by atoms with van der Waals surface area (Å²) in [6, 6.07) is 10.5.